The lowest BCUT2D eigenvalue weighted by atomic mass is 9.73. The zero-order valence-corrected chi connectivity index (χ0v) is 18.5. The van der Waals surface area contributed by atoms with Crippen LogP contribution in [-0.2, 0) is 14.3 Å². The zero-order chi connectivity index (χ0) is 22.9. The number of carbonyl (C=O) groups excluding carboxylic acids is 2. The van der Waals surface area contributed by atoms with Gasteiger partial charge in [-0.05, 0) is 71.2 Å². The van der Waals surface area contributed by atoms with Crippen LogP contribution in [0.25, 0.3) is 16.3 Å². The summed E-state index contributed by atoms with van der Waals surface area (Å²) in [6.07, 6.45) is 2.10. The maximum absolute atomic E-state index is 13.2. The molecule has 1 aliphatic heterocycles. The number of methoxy groups -OCH3 is 1. The van der Waals surface area contributed by atoms with Gasteiger partial charge in [0.05, 0.1) is 13.7 Å². The third-order valence-electron chi connectivity index (χ3n) is 6.25. The molecule has 3 aromatic carbocycles. The molecule has 0 aromatic heterocycles. The van der Waals surface area contributed by atoms with E-state index in [1.165, 1.54) is 0 Å². The topological polar surface area (TPSA) is 71.1 Å². The first-order valence-corrected chi connectivity index (χ1v) is 11.0. The molecule has 168 valence electrons. The Morgan fingerprint density at radius 3 is 2.61 bits per heavy atom. The molecule has 2 atom stereocenters. The van der Waals surface area contributed by atoms with E-state index < -0.39 is 11.9 Å². The van der Waals surface area contributed by atoms with E-state index in [-0.39, 0.29) is 25.1 Å². The molecule has 3 aromatic rings. The first kappa shape index (κ1) is 21.1. The lowest BCUT2D eigenvalue weighted by molar-refractivity contribution is -0.151. The van der Waals surface area contributed by atoms with Crippen molar-refractivity contribution in [2.24, 2.45) is 5.92 Å². The van der Waals surface area contributed by atoms with E-state index in [1.54, 1.807) is 20.1 Å². The fourth-order valence-electron chi connectivity index (χ4n) is 4.59. The lowest BCUT2D eigenvalue weighted by Gasteiger charge is -2.29. The highest BCUT2D eigenvalue weighted by Crippen LogP contribution is 2.43. The second-order valence-corrected chi connectivity index (χ2v) is 8.15. The summed E-state index contributed by atoms with van der Waals surface area (Å²) in [5, 5.41) is 2.04. The number of allylic oxidation sites excluding steroid dienone is 2. The smallest absolute Gasteiger partial charge is 0.317 e. The van der Waals surface area contributed by atoms with Gasteiger partial charge in [-0.2, -0.15) is 0 Å². The number of hydrogen-bond donors (Lipinski definition) is 0. The van der Waals surface area contributed by atoms with Crippen LogP contribution < -0.4 is 14.2 Å². The van der Waals surface area contributed by atoms with Gasteiger partial charge in [0.25, 0.3) is 0 Å². The normalized spacial score (nSPS) is 19.3. The minimum Gasteiger partial charge on any atom is -0.497 e. The van der Waals surface area contributed by atoms with E-state index in [0.29, 0.717) is 17.9 Å². The average molecular weight is 444 g/mol. The predicted octanol–water partition coefficient (Wildman–Crippen LogP) is 4.90. The van der Waals surface area contributed by atoms with Crippen LogP contribution in [0.5, 0.6) is 17.2 Å². The van der Waals surface area contributed by atoms with E-state index in [9.17, 15) is 9.59 Å². The molecule has 0 fully saturated rings. The molecule has 2 unspecified atom stereocenters. The highest BCUT2D eigenvalue weighted by atomic mass is 16.7. The number of benzene rings is 3. The molecule has 6 nitrogen and oxygen atoms in total. The van der Waals surface area contributed by atoms with Crippen LogP contribution >= 0.6 is 0 Å². The van der Waals surface area contributed by atoms with Gasteiger partial charge < -0.3 is 18.9 Å². The number of ether oxygens (including phenoxy) is 4. The van der Waals surface area contributed by atoms with Crippen molar-refractivity contribution in [2.75, 3.05) is 20.5 Å². The molecule has 0 saturated heterocycles. The third-order valence-corrected chi connectivity index (χ3v) is 6.25. The van der Waals surface area contributed by atoms with E-state index in [0.717, 1.165) is 33.2 Å². The van der Waals surface area contributed by atoms with Crippen molar-refractivity contribution in [1.29, 1.82) is 0 Å². The van der Waals surface area contributed by atoms with Gasteiger partial charge in [-0.25, -0.2) is 0 Å². The number of carbonyl (C=O) groups is 2. The fourth-order valence-corrected chi connectivity index (χ4v) is 4.59. The Bertz CT molecular complexity index is 1270. The second kappa shape index (κ2) is 8.62. The van der Waals surface area contributed by atoms with Gasteiger partial charge in [0.15, 0.2) is 17.3 Å². The summed E-state index contributed by atoms with van der Waals surface area (Å²) in [4.78, 5) is 26.0. The molecular formula is C27H24O6. The summed E-state index contributed by atoms with van der Waals surface area (Å²) >= 11 is 0. The van der Waals surface area contributed by atoms with Crippen LogP contribution in [0.2, 0.25) is 0 Å². The van der Waals surface area contributed by atoms with E-state index in [1.807, 2.05) is 54.6 Å². The van der Waals surface area contributed by atoms with Crippen molar-refractivity contribution in [2.45, 2.75) is 19.3 Å². The Morgan fingerprint density at radius 2 is 1.79 bits per heavy atom. The maximum atomic E-state index is 13.2. The molecule has 0 amide bonds. The van der Waals surface area contributed by atoms with Crippen molar-refractivity contribution in [3.8, 4) is 17.2 Å². The van der Waals surface area contributed by atoms with Crippen molar-refractivity contribution >= 4 is 28.1 Å². The maximum Gasteiger partial charge on any atom is 0.317 e. The van der Waals surface area contributed by atoms with Crippen LogP contribution in [-0.4, -0.2) is 32.3 Å². The van der Waals surface area contributed by atoms with Crippen LogP contribution in [0.4, 0.5) is 0 Å². The number of rotatable bonds is 5. The summed E-state index contributed by atoms with van der Waals surface area (Å²) < 4.78 is 21.5. The number of esters is 1. The van der Waals surface area contributed by atoms with Gasteiger partial charge in [-0.15, -0.1) is 0 Å². The van der Waals surface area contributed by atoms with Crippen molar-refractivity contribution in [1.82, 2.24) is 0 Å². The molecule has 0 bridgehead atoms. The van der Waals surface area contributed by atoms with Gasteiger partial charge in [0, 0.05) is 5.92 Å². The minimum absolute atomic E-state index is 0.187. The molecule has 1 aliphatic carbocycles. The second-order valence-electron chi connectivity index (χ2n) is 8.15. The monoisotopic (exact) mass is 444 g/mol. The summed E-state index contributed by atoms with van der Waals surface area (Å²) in [5.74, 6) is 0.180. The van der Waals surface area contributed by atoms with E-state index >= 15 is 0 Å². The fraction of sp³-hybridized carbons (Fsp3) is 0.259. The summed E-state index contributed by atoms with van der Waals surface area (Å²) in [7, 11) is 1.64. The Labute approximate surface area is 191 Å². The standard InChI is InChI=1S/C27H24O6/c1-3-31-27(29)26-22(19-5-4-17-11-21(30-2)8-6-16(17)10-19)12-20(13-23(26)28)18-7-9-24-25(14-18)33-15-32-24/h4-11,13-14,22,26H,3,12,15H2,1-2H3. The Kier molecular flexibility index (Phi) is 5.50. The Hall–Kier alpha value is -3.80. The highest BCUT2D eigenvalue weighted by molar-refractivity contribution is 6.11. The number of fused-ring (bicyclic) bond motifs is 2. The molecule has 0 N–H and O–H groups in total. The third kappa shape index (κ3) is 3.93. The molecule has 1 heterocycles. The first-order valence-electron chi connectivity index (χ1n) is 11.0. The summed E-state index contributed by atoms with van der Waals surface area (Å²) in [6.45, 7) is 2.16. The minimum atomic E-state index is -0.876. The number of ketones is 1. The highest BCUT2D eigenvalue weighted by Gasteiger charge is 2.40. The molecule has 2 aliphatic rings. The van der Waals surface area contributed by atoms with Gasteiger partial charge in [0.1, 0.15) is 11.7 Å². The van der Waals surface area contributed by atoms with Gasteiger partial charge in [-0.3, -0.25) is 9.59 Å². The first-order chi connectivity index (χ1) is 16.1. The van der Waals surface area contributed by atoms with Crippen LogP contribution in [0, 0.1) is 5.92 Å². The van der Waals surface area contributed by atoms with Crippen LogP contribution in [0.3, 0.4) is 0 Å². The molecule has 0 radical (unpaired) electrons. The summed E-state index contributed by atoms with van der Waals surface area (Å²) in [5.41, 5.74) is 2.66. The zero-order valence-electron chi connectivity index (χ0n) is 18.5. The molecule has 6 heteroatoms. The molecule has 0 spiro atoms. The molecular weight excluding hydrogens is 420 g/mol. The van der Waals surface area contributed by atoms with Gasteiger partial charge in [0.2, 0.25) is 6.79 Å². The molecule has 0 saturated carbocycles. The SMILES string of the molecule is CCOC(=O)C1C(=O)C=C(c2ccc3c(c2)OCO3)CC1c1ccc2cc(OC)ccc2c1. The van der Waals surface area contributed by atoms with E-state index in [4.69, 9.17) is 18.9 Å². The van der Waals surface area contributed by atoms with Crippen molar-refractivity contribution in [3.63, 3.8) is 0 Å². The largest absolute Gasteiger partial charge is 0.497 e. The Morgan fingerprint density at radius 1 is 1.00 bits per heavy atom. The summed E-state index contributed by atoms with van der Waals surface area (Å²) in [6, 6.07) is 17.5. The van der Waals surface area contributed by atoms with Crippen molar-refractivity contribution in [3.05, 3.63) is 71.8 Å². The van der Waals surface area contributed by atoms with Gasteiger partial charge >= 0.3 is 5.97 Å². The van der Waals surface area contributed by atoms with Gasteiger partial charge in [-0.1, -0.05) is 30.3 Å². The molecule has 33 heavy (non-hydrogen) atoms. The van der Waals surface area contributed by atoms with Crippen LogP contribution in [0.1, 0.15) is 30.4 Å². The average Bonchev–Trinajstić information content (AvgIpc) is 3.31. The van der Waals surface area contributed by atoms with Crippen molar-refractivity contribution < 1.29 is 28.5 Å². The Balaban J connectivity index is 1.55. The molecule has 5 rings (SSSR count). The quantitative estimate of drug-likeness (QED) is 0.412. The van der Waals surface area contributed by atoms with Crippen LogP contribution in [0.15, 0.2) is 60.7 Å². The van der Waals surface area contributed by atoms with E-state index in [2.05, 4.69) is 0 Å². The predicted molar refractivity (Wildman–Crippen MR) is 124 cm³/mol. The number of hydrogen-bond acceptors (Lipinski definition) is 6. The lowest BCUT2D eigenvalue weighted by Crippen LogP contribution is -2.34.